The van der Waals surface area contributed by atoms with Gasteiger partial charge in [-0.25, -0.2) is 4.79 Å². The number of esters is 1. The number of carbonyl (C=O) groups is 3. The number of aliphatic hydroxyl groups is 1. The number of rotatable bonds is 5. The van der Waals surface area contributed by atoms with Crippen molar-refractivity contribution in [1.82, 2.24) is 0 Å². The van der Waals surface area contributed by atoms with E-state index in [0.717, 1.165) is 0 Å². The molecule has 0 fully saturated rings. The van der Waals surface area contributed by atoms with E-state index in [2.05, 4.69) is 4.74 Å². The van der Waals surface area contributed by atoms with E-state index in [1.165, 1.54) is 0 Å². The van der Waals surface area contributed by atoms with Gasteiger partial charge < -0.3 is 19.4 Å². The lowest BCUT2D eigenvalue weighted by Gasteiger charge is -2.09. The van der Waals surface area contributed by atoms with E-state index < -0.39 is 18.0 Å². The first-order valence-corrected chi connectivity index (χ1v) is 3.42. The maximum absolute atomic E-state index is 10.7. The second-order valence-electron chi connectivity index (χ2n) is 2.05. The Morgan fingerprint density at radius 2 is 2.00 bits per heavy atom. The quantitative estimate of drug-likeness (QED) is 0.326. The largest absolute Gasteiger partial charge is 0.464 e. The number of hydrogen-bond acceptors (Lipinski definition) is 5. The van der Waals surface area contributed by atoms with Crippen LogP contribution in [0.1, 0.15) is 6.92 Å². The summed E-state index contributed by atoms with van der Waals surface area (Å²) >= 11 is 0. The number of carbonyl (C=O) groups excluding carboxylic acids is 3. The fourth-order valence-corrected chi connectivity index (χ4v) is 0.566. The predicted molar refractivity (Wildman–Crippen MR) is 38.3 cm³/mol. The molecule has 5 heteroatoms. The van der Waals surface area contributed by atoms with Crippen LogP contribution in [0.3, 0.4) is 0 Å². The lowest BCUT2D eigenvalue weighted by molar-refractivity contribution is -0.158. The van der Waals surface area contributed by atoms with Gasteiger partial charge in [0.2, 0.25) is 0 Å². The van der Waals surface area contributed by atoms with Crippen molar-refractivity contribution < 1.29 is 24.2 Å². The van der Waals surface area contributed by atoms with Crippen LogP contribution in [0.25, 0.3) is 0 Å². The molecule has 0 bridgehead atoms. The number of aldehydes is 2. The third-order valence-electron chi connectivity index (χ3n) is 1.21. The van der Waals surface area contributed by atoms with Gasteiger partial charge in [-0.15, -0.1) is 0 Å². The van der Waals surface area contributed by atoms with E-state index >= 15 is 0 Å². The molecule has 1 unspecified atom stereocenters. The summed E-state index contributed by atoms with van der Waals surface area (Å²) in [6.07, 6.45) is -1.27. The summed E-state index contributed by atoms with van der Waals surface area (Å²) in [5, 5.41) is 8.97. The van der Waals surface area contributed by atoms with Crippen LogP contribution in [0.4, 0.5) is 0 Å². The van der Waals surface area contributed by atoms with Gasteiger partial charge >= 0.3 is 5.97 Å². The van der Waals surface area contributed by atoms with Crippen LogP contribution in [0, 0.1) is 5.92 Å². The van der Waals surface area contributed by atoms with Crippen LogP contribution in [0.5, 0.6) is 0 Å². The first-order valence-electron chi connectivity index (χ1n) is 3.42. The van der Waals surface area contributed by atoms with Crippen molar-refractivity contribution in [3.05, 3.63) is 0 Å². The van der Waals surface area contributed by atoms with Crippen molar-refractivity contribution in [2.24, 2.45) is 5.92 Å². The Morgan fingerprint density at radius 1 is 1.50 bits per heavy atom. The molecule has 0 spiro atoms. The molecule has 0 heterocycles. The molecule has 0 radical (unpaired) electrons. The Morgan fingerprint density at radius 3 is 2.33 bits per heavy atom. The molecule has 12 heavy (non-hydrogen) atoms. The summed E-state index contributed by atoms with van der Waals surface area (Å²) < 4.78 is 4.38. The first-order chi connectivity index (χ1) is 5.67. The SMILES string of the molecule is CCOC(=O)C(O)C(C=O)C=O. The number of hydrogen-bond donors (Lipinski definition) is 1. The molecular formula is C7H10O5. The lowest BCUT2D eigenvalue weighted by atomic mass is 10.1. The molecule has 1 N–H and O–H groups in total. The van der Waals surface area contributed by atoms with E-state index in [9.17, 15) is 14.4 Å². The van der Waals surface area contributed by atoms with Gasteiger partial charge in [0.05, 0.1) is 6.61 Å². The molecule has 0 aromatic heterocycles. The molecule has 5 nitrogen and oxygen atoms in total. The van der Waals surface area contributed by atoms with Gasteiger partial charge in [-0.05, 0) is 6.92 Å². The molecule has 68 valence electrons. The molecular weight excluding hydrogens is 164 g/mol. The third-order valence-corrected chi connectivity index (χ3v) is 1.21. The van der Waals surface area contributed by atoms with Crippen LogP contribution in [0.15, 0.2) is 0 Å². The monoisotopic (exact) mass is 174 g/mol. The summed E-state index contributed by atoms with van der Waals surface area (Å²) in [6, 6.07) is 0. The molecule has 0 saturated heterocycles. The Balaban J connectivity index is 4.14. The smallest absolute Gasteiger partial charge is 0.336 e. The van der Waals surface area contributed by atoms with E-state index in [1.807, 2.05) is 0 Å². The normalized spacial score (nSPS) is 12.2. The summed E-state index contributed by atoms with van der Waals surface area (Å²) in [7, 11) is 0. The van der Waals surface area contributed by atoms with Crippen LogP contribution in [-0.2, 0) is 19.1 Å². The van der Waals surface area contributed by atoms with Gasteiger partial charge in [0, 0.05) is 0 Å². The highest BCUT2D eigenvalue weighted by atomic mass is 16.5. The highest BCUT2D eigenvalue weighted by Gasteiger charge is 2.26. The molecule has 0 amide bonds. The highest BCUT2D eigenvalue weighted by molar-refractivity contribution is 5.88. The molecule has 0 aromatic carbocycles. The highest BCUT2D eigenvalue weighted by Crippen LogP contribution is 1.99. The predicted octanol–water partition coefficient (Wildman–Crippen LogP) is -1.08. The molecule has 1 atom stereocenters. The van der Waals surface area contributed by atoms with Crippen molar-refractivity contribution in [2.45, 2.75) is 13.0 Å². The van der Waals surface area contributed by atoms with Crippen molar-refractivity contribution in [2.75, 3.05) is 6.61 Å². The second kappa shape index (κ2) is 5.42. The van der Waals surface area contributed by atoms with Gasteiger partial charge in [0.25, 0.3) is 0 Å². The first kappa shape index (κ1) is 10.8. The van der Waals surface area contributed by atoms with Gasteiger partial charge in [0.15, 0.2) is 6.10 Å². The summed E-state index contributed by atoms with van der Waals surface area (Å²) in [5.41, 5.74) is 0. The van der Waals surface area contributed by atoms with Gasteiger partial charge in [-0.3, -0.25) is 0 Å². The minimum atomic E-state index is -1.68. The molecule has 0 aliphatic rings. The van der Waals surface area contributed by atoms with E-state index in [4.69, 9.17) is 5.11 Å². The standard InChI is InChI=1S/C7H10O5/c1-2-12-7(11)6(10)5(3-8)4-9/h3-6,10H,2H2,1H3. The lowest BCUT2D eigenvalue weighted by Crippen LogP contribution is -2.33. The molecule has 0 aromatic rings. The Labute approximate surface area is 69.3 Å². The van der Waals surface area contributed by atoms with E-state index in [0.29, 0.717) is 0 Å². The third kappa shape index (κ3) is 2.79. The van der Waals surface area contributed by atoms with Crippen LogP contribution in [-0.4, -0.2) is 36.4 Å². The van der Waals surface area contributed by atoms with Crippen molar-refractivity contribution in [3.63, 3.8) is 0 Å². The Kier molecular flexibility index (Phi) is 4.87. The second-order valence-corrected chi connectivity index (χ2v) is 2.05. The zero-order valence-corrected chi connectivity index (χ0v) is 6.60. The van der Waals surface area contributed by atoms with E-state index in [-0.39, 0.29) is 19.2 Å². The molecule has 0 aliphatic heterocycles. The van der Waals surface area contributed by atoms with Gasteiger partial charge in [-0.1, -0.05) is 0 Å². The molecule has 0 aliphatic carbocycles. The summed E-state index contributed by atoms with van der Waals surface area (Å²) in [5.74, 6) is -2.29. The molecule has 0 saturated carbocycles. The maximum Gasteiger partial charge on any atom is 0.336 e. The van der Waals surface area contributed by atoms with Crippen molar-refractivity contribution in [3.8, 4) is 0 Å². The topological polar surface area (TPSA) is 80.7 Å². The van der Waals surface area contributed by atoms with Gasteiger partial charge in [0.1, 0.15) is 18.5 Å². The molecule has 0 rings (SSSR count). The zero-order valence-electron chi connectivity index (χ0n) is 6.60. The van der Waals surface area contributed by atoms with Gasteiger partial charge in [-0.2, -0.15) is 0 Å². The summed E-state index contributed by atoms with van der Waals surface area (Å²) in [4.78, 5) is 30.9. The number of ether oxygens (including phenoxy) is 1. The number of aliphatic hydroxyl groups excluding tert-OH is 1. The van der Waals surface area contributed by atoms with Crippen LogP contribution in [0.2, 0.25) is 0 Å². The Hall–Kier alpha value is -1.23. The van der Waals surface area contributed by atoms with E-state index in [1.54, 1.807) is 6.92 Å². The Bertz CT molecular complexity index is 169. The van der Waals surface area contributed by atoms with Crippen molar-refractivity contribution in [1.29, 1.82) is 0 Å². The zero-order chi connectivity index (χ0) is 9.56. The summed E-state index contributed by atoms with van der Waals surface area (Å²) in [6.45, 7) is 1.65. The van der Waals surface area contributed by atoms with Crippen molar-refractivity contribution >= 4 is 18.5 Å². The van der Waals surface area contributed by atoms with Crippen LogP contribution < -0.4 is 0 Å². The fraction of sp³-hybridized carbons (Fsp3) is 0.571. The fourth-order valence-electron chi connectivity index (χ4n) is 0.566. The average molecular weight is 174 g/mol. The minimum absolute atomic E-state index is 0.0975. The minimum Gasteiger partial charge on any atom is -0.464 e. The van der Waals surface area contributed by atoms with Crippen LogP contribution >= 0.6 is 0 Å². The average Bonchev–Trinajstić information content (AvgIpc) is 2.07. The maximum atomic E-state index is 10.7.